The molecule has 6 heteroatoms. The first-order chi connectivity index (χ1) is 12.8. The van der Waals surface area contributed by atoms with Gasteiger partial charge in [0.2, 0.25) is 0 Å². The van der Waals surface area contributed by atoms with E-state index in [-0.39, 0.29) is 11.5 Å². The third kappa shape index (κ3) is 4.34. The molecule has 0 aliphatic heterocycles. The molecule has 0 heterocycles. The fraction of sp³-hybridized carbons (Fsp3) is 0.286. The summed E-state index contributed by atoms with van der Waals surface area (Å²) in [6.45, 7) is 5.74. The van der Waals surface area contributed by atoms with Crippen LogP contribution in [-0.2, 0) is 0 Å². The number of carboxylic acids is 1. The van der Waals surface area contributed by atoms with E-state index in [9.17, 15) is 14.7 Å². The van der Waals surface area contributed by atoms with Gasteiger partial charge >= 0.3 is 5.97 Å². The second-order valence-corrected chi connectivity index (χ2v) is 6.69. The number of carbonyl (C=O) groups is 2. The summed E-state index contributed by atoms with van der Waals surface area (Å²) >= 11 is 5.61. The Labute approximate surface area is 165 Å². The van der Waals surface area contributed by atoms with Crippen molar-refractivity contribution in [3.05, 3.63) is 64.7 Å². The third-order valence-corrected chi connectivity index (χ3v) is 4.85. The van der Waals surface area contributed by atoms with E-state index >= 15 is 0 Å². The van der Waals surface area contributed by atoms with E-state index in [1.165, 1.54) is 11.0 Å². The zero-order valence-corrected chi connectivity index (χ0v) is 16.8. The summed E-state index contributed by atoms with van der Waals surface area (Å²) in [6, 6.07) is 12.2. The van der Waals surface area contributed by atoms with E-state index < -0.39 is 5.97 Å². The first-order valence-electron chi connectivity index (χ1n) is 8.79. The van der Waals surface area contributed by atoms with Gasteiger partial charge in [-0.25, -0.2) is 4.79 Å². The molecule has 0 fully saturated rings. The maximum atomic E-state index is 12.8. The molecule has 0 aliphatic carbocycles. The minimum Gasteiger partial charge on any atom is -0.478 e. The number of carboxylic acid groups (broad SMARTS) is 1. The van der Waals surface area contributed by atoms with Gasteiger partial charge in [-0.1, -0.05) is 36.5 Å². The summed E-state index contributed by atoms with van der Waals surface area (Å²) in [7, 11) is 3.37. The molecule has 5 nitrogen and oxygen atoms in total. The molecule has 142 valence electrons. The Morgan fingerprint density at radius 3 is 2.00 bits per heavy atom. The summed E-state index contributed by atoms with van der Waals surface area (Å²) in [4.78, 5) is 28.4. The van der Waals surface area contributed by atoms with Crippen molar-refractivity contribution in [1.82, 2.24) is 4.90 Å². The van der Waals surface area contributed by atoms with Crippen molar-refractivity contribution in [3.8, 4) is 0 Å². The molecular formula is C21H24N2O3S. The van der Waals surface area contributed by atoms with E-state index in [0.717, 1.165) is 18.8 Å². The normalized spacial score (nSPS) is 10.4. The molecule has 2 aromatic rings. The van der Waals surface area contributed by atoms with Crippen molar-refractivity contribution in [2.24, 2.45) is 0 Å². The molecular weight excluding hydrogens is 360 g/mol. The summed E-state index contributed by atoms with van der Waals surface area (Å²) in [5, 5.41) is 9.47. The second-order valence-electron chi connectivity index (χ2n) is 6.28. The number of amides is 1. The molecule has 0 aliphatic rings. The zero-order valence-electron chi connectivity index (χ0n) is 16.0. The number of anilines is 1. The Kier molecular flexibility index (Phi) is 6.69. The van der Waals surface area contributed by atoms with Crippen LogP contribution in [0.3, 0.4) is 0 Å². The Morgan fingerprint density at radius 2 is 1.48 bits per heavy atom. The Bertz CT molecular complexity index is 873. The highest BCUT2D eigenvalue weighted by atomic mass is 32.1. The average Bonchev–Trinajstić information content (AvgIpc) is 2.67. The van der Waals surface area contributed by atoms with Gasteiger partial charge in [0.1, 0.15) is 0 Å². The van der Waals surface area contributed by atoms with Crippen LogP contribution in [0.5, 0.6) is 0 Å². The Morgan fingerprint density at radius 1 is 0.926 bits per heavy atom. The van der Waals surface area contributed by atoms with Gasteiger partial charge in [0.05, 0.1) is 16.0 Å². The van der Waals surface area contributed by atoms with Crippen molar-refractivity contribution in [2.75, 3.05) is 32.1 Å². The van der Waals surface area contributed by atoms with Gasteiger partial charge in [-0.3, -0.25) is 4.79 Å². The average molecular weight is 385 g/mol. The smallest absolute Gasteiger partial charge is 0.336 e. The van der Waals surface area contributed by atoms with E-state index in [4.69, 9.17) is 12.2 Å². The summed E-state index contributed by atoms with van der Waals surface area (Å²) in [6.07, 6.45) is 0. The molecule has 2 rings (SSSR count). The molecule has 0 aromatic heterocycles. The number of hydrogen-bond acceptors (Lipinski definition) is 4. The van der Waals surface area contributed by atoms with Crippen LogP contribution in [-0.4, -0.2) is 53.9 Å². The quantitative estimate of drug-likeness (QED) is 0.583. The van der Waals surface area contributed by atoms with Crippen LogP contribution in [0, 0.1) is 0 Å². The lowest BCUT2D eigenvalue weighted by atomic mass is 9.95. The molecule has 0 unspecified atom stereocenters. The van der Waals surface area contributed by atoms with Crippen LogP contribution in [0.1, 0.15) is 45.7 Å². The van der Waals surface area contributed by atoms with Crippen molar-refractivity contribution >= 4 is 34.6 Å². The maximum Gasteiger partial charge on any atom is 0.336 e. The highest BCUT2D eigenvalue weighted by Crippen LogP contribution is 2.25. The molecule has 0 radical (unpaired) electrons. The van der Waals surface area contributed by atoms with Gasteiger partial charge < -0.3 is 14.9 Å². The van der Waals surface area contributed by atoms with Crippen molar-refractivity contribution in [2.45, 2.75) is 13.8 Å². The fourth-order valence-electron chi connectivity index (χ4n) is 2.95. The first kappa shape index (κ1) is 20.6. The number of carbonyl (C=O) groups excluding carboxylic acids is 1. The van der Waals surface area contributed by atoms with E-state index in [0.29, 0.717) is 21.6 Å². The Balaban J connectivity index is 2.64. The molecule has 0 saturated carbocycles. The van der Waals surface area contributed by atoms with Crippen molar-refractivity contribution in [3.63, 3.8) is 0 Å². The first-order valence-corrected chi connectivity index (χ1v) is 9.20. The van der Waals surface area contributed by atoms with Crippen LogP contribution in [0.4, 0.5) is 5.69 Å². The minimum atomic E-state index is -1.05. The second kappa shape index (κ2) is 8.77. The highest BCUT2D eigenvalue weighted by molar-refractivity contribution is 7.81. The lowest BCUT2D eigenvalue weighted by Gasteiger charge is -2.23. The molecule has 0 atom stereocenters. The van der Waals surface area contributed by atoms with Crippen LogP contribution in [0.25, 0.3) is 0 Å². The van der Waals surface area contributed by atoms with Crippen LogP contribution in [0.2, 0.25) is 0 Å². The van der Waals surface area contributed by atoms with Gasteiger partial charge in [0.15, 0.2) is 0 Å². The molecule has 27 heavy (non-hydrogen) atoms. The molecule has 1 N–H and O–H groups in total. The predicted octanol–water partition coefficient (Wildman–Crippen LogP) is 3.70. The SMILES string of the molecule is CCN(CC)c1ccc(C(=S)c2ccccc2C(=O)O)c(C(=O)N(C)C)c1. The predicted molar refractivity (Wildman–Crippen MR) is 112 cm³/mol. The van der Waals surface area contributed by atoms with E-state index in [2.05, 4.69) is 18.7 Å². The van der Waals surface area contributed by atoms with E-state index in [1.807, 2.05) is 18.2 Å². The summed E-state index contributed by atoms with van der Waals surface area (Å²) in [5.74, 6) is -1.22. The Hall–Kier alpha value is -2.73. The number of nitrogens with zero attached hydrogens (tertiary/aromatic N) is 2. The monoisotopic (exact) mass is 384 g/mol. The number of thiocarbonyl (C=S) groups is 1. The van der Waals surface area contributed by atoms with Gasteiger partial charge in [0, 0.05) is 44.0 Å². The zero-order chi connectivity index (χ0) is 20.1. The topological polar surface area (TPSA) is 60.9 Å². The molecule has 0 spiro atoms. The van der Waals surface area contributed by atoms with Gasteiger partial charge in [0.25, 0.3) is 5.91 Å². The van der Waals surface area contributed by atoms with Crippen LogP contribution in [0.15, 0.2) is 42.5 Å². The molecule has 1 amide bonds. The van der Waals surface area contributed by atoms with Gasteiger partial charge in [-0.15, -0.1) is 0 Å². The molecule has 2 aromatic carbocycles. The number of hydrogen-bond donors (Lipinski definition) is 1. The maximum absolute atomic E-state index is 12.8. The standard InChI is InChI=1S/C21H24N2O3S/c1-5-23(6-2)14-11-12-16(18(13-14)20(24)22(3)4)19(27)15-9-7-8-10-17(15)21(25)26/h7-13H,5-6H2,1-4H3,(H,25,26). The third-order valence-electron chi connectivity index (χ3n) is 4.42. The van der Waals surface area contributed by atoms with Gasteiger partial charge in [-0.2, -0.15) is 0 Å². The lowest BCUT2D eigenvalue weighted by Crippen LogP contribution is -2.26. The highest BCUT2D eigenvalue weighted by Gasteiger charge is 2.21. The van der Waals surface area contributed by atoms with E-state index in [1.54, 1.807) is 32.3 Å². The van der Waals surface area contributed by atoms with Crippen molar-refractivity contribution in [1.29, 1.82) is 0 Å². The number of aromatic carboxylic acids is 1. The summed E-state index contributed by atoms with van der Waals surface area (Å²) in [5.41, 5.74) is 2.52. The van der Waals surface area contributed by atoms with Gasteiger partial charge in [-0.05, 0) is 32.0 Å². The van der Waals surface area contributed by atoms with Crippen LogP contribution < -0.4 is 4.90 Å². The molecule has 0 bridgehead atoms. The fourth-order valence-corrected chi connectivity index (χ4v) is 3.30. The van der Waals surface area contributed by atoms with Crippen molar-refractivity contribution < 1.29 is 14.7 Å². The molecule has 0 saturated heterocycles. The largest absolute Gasteiger partial charge is 0.478 e. The summed E-state index contributed by atoms with van der Waals surface area (Å²) < 4.78 is 0. The lowest BCUT2D eigenvalue weighted by molar-refractivity contribution is 0.0696. The van der Waals surface area contributed by atoms with Crippen LogP contribution >= 0.6 is 12.2 Å². The number of rotatable bonds is 7. The number of benzene rings is 2. The minimum absolute atomic E-state index is 0.124.